The Kier molecular flexibility index (Phi) is 4.61. The number of sulfone groups is 1. The second-order valence-corrected chi connectivity index (χ2v) is 11.4. The molecule has 1 fully saturated rings. The van der Waals surface area contributed by atoms with Crippen LogP contribution in [0, 0.1) is 0 Å². The first kappa shape index (κ1) is 21.0. The van der Waals surface area contributed by atoms with Gasteiger partial charge >= 0.3 is 0 Å². The molecule has 2 atom stereocenters. The van der Waals surface area contributed by atoms with Gasteiger partial charge in [-0.3, -0.25) is 0 Å². The maximum absolute atomic E-state index is 12.8. The standard InChI is InChI=1S/C21H25N5O5S/c1-11-8-30-9-12-10-31-16-17(21(2,3)32(4,28)29)24-19(25-20(16)26(11)12)15-13-5-6-22-18(13)23-7-14(15)27/h5-7,11-12,27H,8-10H2,1-4H3,(H,22,23). The zero-order valence-electron chi connectivity index (χ0n) is 18.3. The summed E-state index contributed by atoms with van der Waals surface area (Å²) in [6.07, 6.45) is 4.22. The maximum Gasteiger partial charge on any atom is 0.185 e. The molecule has 2 aliphatic heterocycles. The molecular formula is C21H25N5O5S. The first-order chi connectivity index (χ1) is 15.1. The summed E-state index contributed by atoms with van der Waals surface area (Å²) in [5.41, 5.74) is 1.21. The zero-order valence-corrected chi connectivity index (χ0v) is 19.1. The Morgan fingerprint density at radius 1 is 1.25 bits per heavy atom. The van der Waals surface area contributed by atoms with Crippen molar-refractivity contribution in [3.05, 3.63) is 24.2 Å². The fraction of sp³-hybridized carbons (Fsp3) is 0.476. The number of aromatic nitrogens is 4. The van der Waals surface area contributed by atoms with Gasteiger partial charge in [0.15, 0.2) is 27.2 Å². The summed E-state index contributed by atoms with van der Waals surface area (Å²) < 4.78 is 35.9. The first-order valence-corrected chi connectivity index (χ1v) is 12.2. The fourth-order valence-electron chi connectivity index (χ4n) is 4.26. The Labute approximate surface area is 185 Å². The zero-order chi connectivity index (χ0) is 22.8. The van der Waals surface area contributed by atoms with Gasteiger partial charge in [0.25, 0.3) is 0 Å². The number of H-pyrrole nitrogens is 1. The molecule has 3 aromatic heterocycles. The van der Waals surface area contributed by atoms with Crippen molar-refractivity contribution in [1.82, 2.24) is 19.9 Å². The molecule has 1 saturated heterocycles. The number of aromatic amines is 1. The van der Waals surface area contributed by atoms with Crippen LogP contribution in [0.15, 0.2) is 18.5 Å². The van der Waals surface area contributed by atoms with Crippen molar-refractivity contribution in [1.29, 1.82) is 0 Å². The van der Waals surface area contributed by atoms with E-state index in [0.29, 0.717) is 48.0 Å². The number of ether oxygens (including phenoxy) is 2. The molecule has 5 heterocycles. The highest BCUT2D eigenvalue weighted by atomic mass is 32.2. The summed E-state index contributed by atoms with van der Waals surface area (Å²) in [6, 6.07) is 1.73. The summed E-state index contributed by atoms with van der Waals surface area (Å²) in [5.74, 6) is 0.980. The van der Waals surface area contributed by atoms with Crippen molar-refractivity contribution in [2.24, 2.45) is 0 Å². The van der Waals surface area contributed by atoms with Crippen molar-refractivity contribution in [3.63, 3.8) is 0 Å². The minimum Gasteiger partial charge on any atom is -0.506 e. The normalized spacial score (nSPS) is 21.2. The maximum atomic E-state index is 12.8. The largest absolute Gasteiger partial charge is 0.506 e. The molecule has 10 nitrogen and oxygen atoms in total. The molecule has 0 aromatic carbocycles. The number of morpholine rings is 1. The predicted molar refractivity (Wildman–Crippen MR) is 119 cm³/mol. The van der Waals surface area contributed by atoms with Gasteiger partial charge < -0.3 is 24.5 Å². The molecule has 0 spiro atoms. The van der Waals surface area contributed by atoms with E-state index in [0.717, 1.165) is 0 Å². The lowest BCUT2D eigenvalue weighted by molar-refractivity contribution is 0.0482. The van der Waals surface area contributed by atoms with E-state index in [1.165, 1.54) is 12.5 Å². The minimum absolute atomic E-state index is 0.00617. The fourth-order valence-corrected chi connectivity index (χ4v) is 4.75. The van der Waals surface area contributed by atoms with Crippen molar-refractivity contribution in [2.45, 2.75) is 37.6 Å². The second-order valence-electron chi connectivity index (χ2n) is 8.85. The van der Waals surface area contributed by atoms with Gasteiger partial charge in [-0.05, 0) is 26.8 Å². The molecule has 32 heavy (non-hydrogen) atoms. The van der Waals surface area contributed by atoms with Crippen LogP contribution in [0.25, 0.3) is 22.4 Å². The highest BCUT2D eigenvalue weighted by Gasteiger charge is 2.44. The van der Waals surface area contributed by atoms with Gasteiger partial charge in [0.2, 0.25) is 0 Å². The van der Waals surface area contributed by atoms with Gasteiger partial charge in [-0.2, -0.15) is 0 Å². The third-order valence-corrected chi connectivity index (χ3v) is 8.38. The lowest BCUT2D eigenvalue weighted by atomic mass is 10.0. The third kappa shape index (κ3) is 3.02. The summed E-state index contributed by atoms with van der Waals surface area (Å²) in [7, 11) is -3.57. The van der Waals surface area contributed by atoms with E-state index in [-0.39, 0.29) is 29.4 Å². The lowest BCUT2D eigenvalue weighted by Crippen LogP contribution is -2.56. The van der Waals surface area contributed by atoms with Crippen LogP contribution in [0.5, 0.6) is 11.5 Å². The number of pyridine rings is 1. The number of nitrogens with one attached hydrogen (secondary N) is 1. The average molecular weight is 460 g/mol. The van der Waals surface area contributed by atoms with E-state index in [1.807, 2.05) is 6.92 Å². The molecule has 0 radical (unpaired) electrons. The number of hydrogen-bond acceptors (Lipinski definition) is 9. The molecule has 2 aliphatic rings. The Morgan fingerprint density at radius 2 is 2.03 bits per heavy atom. The Hall–Kier alpha value is -2.92. The molecule has 2 unspecified atom stereocenters. The number of rotatable bonds is 3. The second kappa shape index (κ2) is 7.04. The summed E-state index contributed by atoms with van der Waals surface area (Å²) in [4.78, 5) is 18.8. The van der Waals surface area contributed by atoms with E-state index < -0.39 is 14.6 Å². The molecular weight excluding hydrogens is 434 g/mol. The van der Waals surface area contributed by atoms with Crippen LogP contribution in [-0.2, 0) is 19.3 Å². The van der Waals surface area contributed by atoms with Gasteiger partial charge in [-0.1, -0.05) is 0 Å². The van der Waals surface area contributed by atoms with E-state index >= 15 is 0 Å². The number of anilines is 1. The average Bonchev–Trinajstić information content (AvgIpc) is 3.20. The molecule has 0 bridgehead atoms. The summed E-state index contributed by atoms with van der Waals surface area (Å²) in [5, 5.41) is 11.3. The molecule has 3 aromatic rings. The van der Waals surface area contributed by atoms with Crippen LogP contribution in [0.4, 0.5) is 5.82 Å². The van der Waals surface area contributed by atoms with Gasteiger partial charge in [0, 0.05) is 17.8 Å². The first-order valence-electron chi connectivity index (χ1n) is 10.4. The van der Waals surface area contributed by atoms with Crippen LogP contribution >= 0.6 is 0 Å². The summed E-state index contributed by atoms with van der Waals surface area (Å²) >= 11 is 0. The molecule has 0 saturated carbocycles. The number of hydrogen-bond donors (Lipinski definition) is 2. The molecule has 0 amide bonds. The van der Waals surface area contributed by atoms with E-state index in [2.05, 4.69) is 19.9 Å². The van der Waals surface area contributed by atoms with Crippen LogP contribution in [0.1, 0.15) is 26.5 Å². The smallest absolute Gasteiger partial charge is 0.185 e. The van der Waals surface area contributed by atoms with Crippen LogP contribution in [-0.4, -0.2) is 71.6 Å². The van der Waals surface area contributed by atoms with Crippen LogP contribution in [0.3, 0.4) is 0 Å². The van der Waals surface area contributed by atoms with Crippen LogP contribution in [0.2, 0.25) is 0 Å². The highest BCUT2D eigenvalue weighted by molar-refractivity contribution is 7.91. The highest BCUT2D eigenvalue weighted by Crippen LogP contribution is 2.45. The molecule has 5 rings (SSSR count). The topological polar surface area (TPSA) is 131 Å². The van der Waals surface area contributed by atoms with E-state index in [4.69, 9.17) is 14.5 Å². The number of nitrogens with zero attached hydrogens (tertiary/aromatic N) is 4. The molecule has 170 valence electrons. The monoisotopic (exact) mass is 459 g/mol. The Morgan fingerprint density at radius 3 is 2.78 bits per heavy atom. The van der Waals surface area contributed by atoms with Gasteiger partial charge in [0.1, 0.15) is 28.4 Å². The van der Waals surface area contributed by atoms with Crippen molar-refractivity contribution in [3.8, 4) is 22.9 Å². The van der Waals surface area contributed by atoms with Crippen molar-refractivity contribution < 1.29 is 23.0 Å². The predicted octanol–water partition coefficient (Wildman–Crippen LogP) is 1.99. The van der Waals surface area contributed by atoms with Gasteiger partial charge in [-0.15, -0.1) is 0 Å². The number of fused-ring (bicyclic) bond motifs is 4. The summed E-state index contributed by atoms with van der Waals surface area (Å²) in [6.45, 7) is 6.57. The SMILES string of the molecule is CC1COCC2COc3c(nc(-c4c(O)cnc5[nH]ccc45)nc3C(C)(C)S(C)(=O)=O)N12. The third-order valence-electron chi connectivity index (χ3n) is 6.34. The van der Waals surface area contributed by atoms with Gasteiger partial charge in [0.05, 0.1) is 37.1 Å². The molecule has 0 aliphatic carbocycles. The molecule has 2 N–H and O–H groups in total. The van der Waals surface area contributed by atoms with Crippen LogP contribution < -0.4 is 9.64 Å². The van der Waals surface area contributed by atoms with E-state index in [9.17, 15) is 13.5 Å². The van der Waals surface area contributed by atoms with Gasteiger partial charge in [-0.25, -0.2) is 23.4 Å². The van der Waals surface area contributed by atoms with Crippen molar-refractivity contribution in [2.75, 3.05) is 31.0 Å². The minimum atomic E-state index is -3.57. The lowest BCUT2D eigenvalue weighted by Gasteiger charge is -2.45. The Bertz CT molecular complexity index is 1320. The molecule has 11 heteroatoms. The quantitative estimate of drug-likeness (QED) is 0.604. The Balaban J connectivity index is 1.84. The van der Waals surface area contributed by atoms with Crippen molar-refractivity contribution >= 4 is 26.7 Å². The van der Waals surface area contributed by atoms with E-state index in [1.54, 1.807) is 26.1 Å². The number of aromatic hydroxyl groups is 1.